The van der Waals surface area contributed by atoms with E-state index in [1.54, 1.807) is 6.20 Å². The van der Waals surface area contributed by atoms with Crippen LogP contribution in [0.15, 0.2) is 79.0 Å². The van der Waals surface area contributed by atoms with Crippen molar-refractivity contribution in [2.24, 2.45) is 0 Å². The summed E-state index contributed by atoms with van der Waals surface area (Å²) in [5, 5.41) is 3.00. The number of hydrogen-bond donors (Lipinski definition) is 2. The molecule has 180 valence electrons. The van der Waals surface area contributed by atoms with Gasteiger partial charge in [0.2, 0.25) is 0 Å². The first-order valence-electron chi connectivity index (χ1n) is 11.9. The second-order valence-electron chi connectivity index (χ2n) is 9.13. The van der Waals surface area contributed by atoms with Crippen molar-refractivity contribution in [2.45, 2.75) is 33.2 Å². The van der Waals surface area contributed by atoms with Crippen LogP contribution >= 0.6 is 0 Å². The number of nitrogens with one attached hydrogen (secondary N) is 1. The number of nitrogen functional groups attached to an aromatic ring is 1. The average Bonchev–Trinajstić information content (AvgIpc) is 3.26. The largest absolute Gasteiger partial charge is 0.383 e. The summed E-state index contributed by atoms with van der Waals surface area (Å²) >= 11 is 0. The predicted octanol–water partition coefficient (Wildman–Crippen LogP) is 5.43. The molecule has 0 bridgehead atoms. The third-order valence-corrected chi connectivity index (χ3v) is 6.21. The molecule has 0 saturated carbocycles. The van der Waals surface area contributed by atoms with Gasteiger partial charge in [0.15, 0.2) is 11.5 Å². The number of rotatable bonds is 6. The number of nitrogens with zero attached hydrogens (tertiary/aromatic N) is 4. The van der Waals surface area contributed by atoms with Crippen LogP contribution in [-0.2, 0) is 6.54 Å². The molecule has 3 N–H and O–H groups in total. The van der Waals surface area contributed by atoms with Gasteiger partial charge in [-0.05, 0) is 72.5 Å². The maximum absolute atomic E-state index is 12.6. The lowest BCUT2D eigenvalue weighted by atomic mass is 10.0. The van der Waals surface area contributed by atoms with Gasteiger partial charge in [-0.15, -0.1) is 0 Å². The molecule has 0 unspecified atom stereocenters. The summed E-state index contributed by atoms with van der Waals surface area (Å²) in [5.74, 6) is 1.43. The highest BCUT2D eigenvalue weighted by Crippen LogP contribution is 2.30. The molecule has 0 aliphatic rings. The summed E-state index contributed by atoms with van der Waals surface area (Å²) in [7, 11) is 0. The molecule has 7 heteroatoms. The minimum Gasteiger partial charge on any atom is -0.383 e. The van der Waals surface area contributed by atoms with E-state index >= 15 is 0 Å². The maximum Gasteiger partial charge on any atom is 0.251 e. The molecule has 2 aromatic carbocycles. The first-order valence-corrected chi connectivity index (χ1v) is 11.9. The summed E-state index contributed by atoms with van der Waals surface area (Å²) in [6.45, 7) is 6.65. The number of nitrogens with two attached hydrogens (primary N) is 1. The summed E-state index contributed by atoms with van der Waals surface area (Å²) in [4.78, 5) is 26.4. The number of aromatic nitrogens is 4. The molecular formula is C29H28N6O. The van der Waals surface area contributed by atoms with Crippen molar-refractivity contribution in [3.63, 3.8) is 0 Å². The van der Waals surface area contributed by atoms with Crippen molar-refractivity contribution in [3.05, 3.63) is 101 Å². The lowest BCUT2D eigenvalue weighted by Crippen LogP contribution is -2.22. The zero-order chi connectivity index (χ0) is 25.2. The van der Waals surface area contributed by atoms with Crippen LogP contribution in [0.25, 0.3) is 28.2 Å². The van der Waals surface area contributed by atoms with Gasteiger partial charge < -0.3 is 11.1 Å². The molecule has 36 heavy (non-hydrogen) atoms. The normalized spacial score (nSPS) is 11.2. The van der Waals surface area contributed by atoms with Crippen LogP contribution in [0.1, 0.15) is 46.9 Å². The Labute approximate surface area is 210 Å². The molecule has 3 aromatic heterocycles. The van der Waals surface area contributed by atoms with Gasteiger partial charge in [0.25, 0.3) is 5.91 Å². The van der Waals surface area contributed by atoms with Crippen LogP contribution in [0.3, 0.4) is 0 Å². The molecule has 7 nitrogen and oxygen atoms in total. The smallest absolute Gasteiger partial charge is 0.251 e. The number of pyridine rings is 2. The highest BCUT2D eigenvalue weighted by Gasteiger charge is 2.18. The molecular weight excluding hydrogens is 448 g/mol. The molecule has 3 heterocycles. The second kappa shape index (κ2) is 9.62. The van der Waals surface area contributed by atoms with Crippen LogP contribution in [0.2, 0.25) is 0 Å². The van der Waals surface area contributed by atoms with Crippen molar-refractivity contribution >= 4 is 22.9 Å². The van der Waals surface area contributed by atoms with Gasteiger partial charge in [-0.2, -0.15) is 0 Å². The maximum atomic E-state index is 12.6. The topological polar surface area (TPSA) is 98.7 Å². The van der Waals surface area contributed by atoms with Crippen LogP contribution in [0.4, 0.5) is 5.82 Å². The van der Waals surface area contributed by atoms with E-state index in [4.69, 9.17) is 15.7 Å². The van der Waals surface area contributed by atoms with Gasteiger partial charge >= 0.3 is 0 Å². The Kier molecular flexibility index (Phi) is 6.21. The Hall–Kier alpha value is -4.52. The third-order valence-electron chi connectivity index (χ3n) is 6.21. The number of anilines is 1. The van der Waals surface area contributed by atoms with Gasteiger partial charge in [0.1, 0.15) is 11.3 Å². The monoisotopic (exact) mass is 476 g/mol. The molecule has 5 aromatic rings. The molecule has 5 rings (SSSR count). The zero-order valence-electron chi connectivity index (χ0n) is 20.6. The number of benzene rings is 2. The second-order valence-corrected chi connectivity index (χ2v) is 9.13. The van der Waals surface area contributed by atoms with Crippen LogP contribution in [0.5, 0.6) is 0 Å². The Balaban J connectivity index is 1.41. The average molecular weight is 477 g/mol. The minimum atomic E-state index is -0.0935. The highest BCUT2D eigenvalue weighted by atomic mass is 16.1. The molecule has 0 fully saturated rings. The first kappa shape index (κ1) is 23.2. The summed E-state index contributed by atoms with van der Waals surface area (Å²) in [5.41, 5.74) is 13.1. The number of carbonyl (C=O) groups is 1. The van der Waals surface area contributed by atoms with Crippen molar-refractivity contribution in [1.82, 2.24) is 24.8 Å². The Morgan fingerprint density at radius 2 is 1.72 bits per heavy atom. The number of carbonyl (C=O) groups excluding carboxylic acids is 1. The van der Waals surface area contributed by atoms with E-state index in [1.165, 1.54) is 5.56 Å². The van der Waals surface area contributed by atoms with Gasteiger partial charge in [-0.25, -0.2) is 15.0 Å². The molecule has 0 aliphatic carbocycles. The zero-order valence-corrected chi connectivity index (χ0v) is 20.6. The lowest BCUT2D eigenvalue weighted by Gasteiger charge is -2.12. The van der Waals surface area contributed by atoms with E-state index in [-0.39, 0.29) is 5.91 Å². The van der Waals surface area contributed by atoms with E-state index in [2.05, 4.69) is 24.1 Å². The van der Waals surface area contributed by atoms with Crippen LogP contribution < -0.4 is 11.1 Å². The standard InChI is InChI=1S/C29H28N6O/c1-18(2)21-9-11-22(12-10-21)29(36)32-17-20-7-13-23(14-8-20)35-27(24-5-4-16-31-26(24)30)34-25-15-6-19(3)33-28(25)35/h4-16,18H,17H2,1-3H3,(H2,30,31)(H,32,36). The van der Waals surface area contributed by atoms with Crippen molar-refractivity contribution < 1.29 is 4.79 Å². The van der Waals surface area contributed by atoms with Gasteiger partial charge in [0, 0.05) is 29.7 Å². The number of fused-ring (bicyclic) bond motifs is 1. The molecule has 0 spiro atoms. The van der Waals surface area contributed by atoms with Crippen molar-refractivity contribution in [1.29, 1.82) is 0 Å². The quantitative estimate of drug-likeness (QED) is 0.341. The van der Waals surface area contributed by atoms with Gasteiger partial charge in [-0.1, -0.05) is 38.1 Å². The predicted molar refractivity (Wildman–Crippen MR) is 143 cm³/mol. The van der Waals surface area contributed by atoms with Crippen molar-refractivity contribution in [2.75, 3.05) is 5.73 Å². The molecule has 0 radical (unpaired) electrons. The van der Waals surface area contributed by atoms with E-state index in [0.717, 1.165) is 33.7 Å². The van der Waals surface area contributed by atoms with E-state index in [9.17, 15) is 4.79 Å². The number of amides is 1. The third kappa shape index (κ3) is 4.55. The van der Waals surface area contributed by atoms with Crippen molar-refractivity contribution in [3.8, 4) is 17.1 Å². The van der Waals surface area contributed by atoms with Gasteiger partial charge in [0.05, 0.1) is 5.56 Å². The first-order chi connectivity index (χ1) is 17.4. The summed E-state index contributed by atoms with van der Waals surface area (Å²) in [6.07, 6.45) is 1.66. The number of aryl methyl sites for hydroxylation is 1. The van der Waals surface area contributed by atoms with Gasteiger partial charge in [-0.3, -0.25) is 9.36 Å². The Bertz CT molecular complexity index is 1540. The van der Waals surface area contributed by atoms with Crippen LogP contribution in [-0.4, -0.2) is 25.4 Å². The molecule has 0 saturated heterocycles. The number of hydrogen-bond acceptors (Lipinski definition) is 5. The minimum absolute atomic E-state index is 0.0935. The lowest BCUT2D eigenvalue weighted by molar-refractivity contribution is 0.0951. The summed E-state index contributed by atoms with van der Waals surface area (Å²) < 4.78 is 1.99. The Morgan fingerprint density at radius 1 is 0.972 bits per heavy atom. The fourth-order valence-electron chi connectivity index (χ4n) is 4.15. The van der Waals surface area contributed by atoms with E-state index in [1.807, 2.05) is 84.3 Å². The fraction of sp³-hybridized carbons (Fsp3) is 0.172. The summed E-state index contributed by atoms with van der Waals surface area (Å²) in [6, 6.07) is 23.4. The highest BCUT2D eigenvalue weighted by molar-refractivity contribution is 5.94. The fourth-order valence-corrected chi connectivity index (χ4v) is 4.15. The molecule has 0 atom stereocenters. The molecule has 0 aliphatic heterocycles. The van der Waals surface area contributed by atoms with Crippen LogP contribution in [0, 0.1) is 6.92 Å². The SMILES string of the molecule is Cc1ccc2nc(-c3cccnc3N)n(-c3ccc(CNC(=O)c4ccc(C(C)C)cc4)cc3)c2n1. The van der Waals surface area contributed by atoms with E-state index in [0.29, 0.717) is 29.7 Å². The van der Waals surface area contributed by atoms with E-state index < -0.39 is 0 Å². The number of imidazole rings is 1. The molecule has 1 amide bonds. The Morgan fingerprint density at radius 3 is 2.42 bits per heavy atom.